The molecule has 0 aliphatic rings. The zero-order valence-corrected chi connectivity index (χ0v) is 12.6. The van der Waals surface area contributed by atoms with Crippen molar-refractivity contribution >= 4 is 45.2 Å². The molecule has 0 fully saturated rings. The molecular weight excluding hydrogens is 414 g/mol. The summed E-state index contributed by atoms with van der Waals surface area (Å²) in [7, 11) is 0. The SMILES string of the molecule is Cc1cc(I)nn1Cc1ccc(I)cc1. The van der Waals surface area contributed by atoms with E-state index in [1.165, 1.54) is 14.8 Å². The standard InChI is InChI=1S/C11H10I2N2/c1-8-6-11(13)14-15(8)7-9-2-4-10(12)5-3-9/h2-6H,7H2,1H3. The van der Waals surface area contributed by atoms with E-state index in [0.29, 0.717) is 0 Å². The maximum absolute atomic E-state index is 4.43. The molecule has 2 nitrogen and oxygen atoms in total. The Morgan fingerprint density at radius 1 is 1.20 bits per heavy atom. The Bertz CT molecular complexity index is 460. The van der Waals surface area contributed by atoms with E-state index in [4.69, 9.17) is 0 Å². The summed E-state index contributed by atoms with van der Waals surface area (Å²) >= 11 is 4.56. The highest BCUT2D eigenvalue weighted by molar-refractivity contribution is 14.1. The molecule has 1 aromatic heterocycles. The lowest BCUT2D eigenvalue weighted by Crippen LogP contribution is -2.03. The summed E-state index contributed by atoms with van der Waals surface area (Å²) in [5.41, 5.74) is 2.50. The Morgan fingerprint density at radius 3 is 2.40 bits per heavy atom. The van der Waals surface area contributed by atoms with Gasteiger partial charge in [0.25, 0.3) is 0 Å². The highest BCUT2D eigenvalue weighted by Gasteiger charge is 2.02. The Labute approximate surface area is 116 Å². The van der Waals surface area contributed by atoms with Crippen molar-refractivity contribution in [3.63, 3.8) is 0 Å². The van der Waals surface area contributed by atoms with Crippen LogP contribution in [0.1, 0.15) is 11.3 Å². The van der Waals surface area contributed by atoms with Gasteiger partial charge in [0.15, 0.2) is 0 Å². The van der Waals surface area contributed by atoms with E-state index in [1.54, 1.807) is 0 Å². The minimum Gasteiger partial charge on any atom is -0.264 e. The first kappa shape index (κ1) is 11.4. The zero-order chi connectivity index (χ0) is 10.8. The van der Waals surface area contributed by atoms with Crippen LogP contribution in [0.25, 0.3) is 0 Å². The van der Waals surface area contributed by atoms with E-state index in [1.807, 2.05) is 4.68 Å². The summed E-state index contributed by atoms with van der Waals surface area (Å²) < 4.78 is 4.35. The fourth-order valence-corrected chi connectivity index (χ4v) is 2.46. The molecule has 0 amide bonds. The topological polar surface area (TPSA) is 17.8 Å². The molecule has 1 heterocycles. The van der Waals surface area contributed by atoms with E-state index in [0.717, 1.165) is 10.2 Å². The number of halogens is 2. The lowest BCUT2D eigenvalue weighted by molar-refractivity contribution is 0.660. The number of rotatable bonds is 2. The predicted octanol–water partition coefficient (Wildman–Crippen LogP) is 3.45. The van der Waals surface area contributed by atoms with Crippen molar-refractivity contribution in [3.8, 4) is 0 Å². The maximum Gasteiger partial charge on any atom is 0.123 e. The first-order valence-corrected chi connectivity index (χ1v) is 6.75. The maximum atomic E-state index is 4.43. The van der Waals surface area contributed by atoms with Crippen molar-refractivity contribution in [1.82, 2.24) is 9.78 Å². The van der Waals surface area contributed by atoms with Crippen LogP contribution < -0.4 is 0 Å². The number of nitrogens with zero attached hydrogens (tertiary/aromatic N) is 2. The summed E-state index contributed by atoms with van der Waals surface area (Å²) in [5, 5.41) is 4.43. The Hall–Kier alpha value is -0.110. The van der Waals surface area contributed by atoms with Gasteiger partial charge in [-0.15, -0.1) is 0 Å². The highest BCUT2D eigenvalue weighted by Crippen LogP contribution is 2.11. The second kappa shape index (κ2) is 4.82. The Balaban J connectivity index is 2.21. The van der Waals surface area contributed by atoms with Crippen molar-refractivity contribution in [2.75, 3.05) is 0 Å². The smallest absolute Gasteiger partial charge is 0.123 e. The number of benzene rings is 1. The van der Waals surface area contributed by atoms with Gasteiger partial charge in [0.05, 0.1) is 6.54 Å². The van der Waals surface area contributed by atoms with Crippen molar-refractivity contribution in [3.05, 3.63) is 48.9 Å². The largest absolute Gasteiger partial charge is 0.264 e. The molecule has 78 valence electrons. The minimum atomic E-state index is 0.853. The summed E-state index contributed by atoms with van der Waals surface area (Å²) in [4.78, 5) is 0. The molecule has 0 N–H and O–H groups in total. The molecule has 0 spiro atoms. The van der Waals surface area contributed by atoms with Crippen LogP contribution in [0, 0.1) is 14.2 Å². The van der Waals surface area contributed by atoms with Gasteiger partial charge in [-0.2, -0.15) is 5.10 Å². The molecule has 0 aliphatic carbocycles. The van der Waals surface area contributed by atoms with Crippen LogP contribution in [0.2, 0.25) is 0 Å². The molecule has 0 saturated carbocycles. The number of hydrogen-bond donors (Lipinski definition) is 0. The average molecular weight is 424 g/mol. The van der Waals surface area contributed by atoms with Crippen LogP contribution in [0.4, 0.5) is 0 Å². The van der Waals surface area contributed by atoms with Gasteiger partial charge < -0.3 is 0 Å². The molecule has 4 heteroatoms. The molecule has 15 heavy (non-hydrogen) atoms. The van der Waals surface area contributed by atoms with Crippen LogP contribution in [-0.4, -0.2) is 9.78 Å². The van der Waals surface area contributed by atoms with Crippen molar-refractivity contribution in [2.24, 2.45) is 0 Å². The van der Waals surface area contributed by atoms with Gasteiger partial charge in [-0.1, -0.05) is 12.1 Å². The van der Waals surface area contributed by atoms with E-state index in [-0.39, 0.29) is 0 Å². The number of aryl methyl sites for hydroxylation is 1. The third-order valence-corrected chi connectivity index (χ3v) is 3.44. The van der Waals surface area contributed by atoms with Gasteiger partial charge >= 0.3 is 0 Å². The fraction of sp³-hybridized carbons (Fsp3) is 0.182. The van der Waals surface area contributed by atoms with Crippen molar-refractivity contribution in [2.45, 2.75) is 13.5 Å². The molecule has 0 saturated heterocycles. The summed E-state index contributed by atoms with van der Waals surface area (Å²) in [5.74, 6) is 0. The van der Waals surface area contributed by atoms with Gasteiger partial charge in [0.1, 0.15) is 3.70 Å². The van der Waals surface area contributed by atoms with E-state index in [9.17, 15) is 0 Å². The number of aromatic nitrogens is 2. The fourth-order valence-electron chi connectivity index (χ4n) is 1.39. The molecule has 0 unspecified atom stereocenters. The first-order valence-electron chi connectivity index (χ1n) is 4.59. The van der Waals surface area contributed by atoms with Gasteiger partial charge in [-0.25, -0.2) is 0 Å². The quantitative estimate of drug-likeness (QED) is 0.676. The normalized spacial score (nSPS) is 10.6. The second-order valence-corrected chi connectivity index (χ2v) is 5.74. The lowest BCUT2D eigenvalue weighted by atomic mass is 10.2. The Morgan fingerprint density at radius 2 is 1.87 bits per heavy atom. The molecule has 1 aromatic carbocycles. The molecular formula is C11H10I2N2. The van der Waals surface area contributed by atoms with Crippen LogP contribution in [0.15, 0.2) is 30.3 Å². The summed E-state index contributed by atoms with van der Waals surface area (Å²) in [6, 6.07) is 10.6. The summed E-state index contributed by atoms with van der Waals surface area (Å²) in [6.07, 6.45) is 0. The third kappa shape index (κ3) is 2.93. The lowest BCUT2D eigenvalue weighted by Gasteiger charge is -2.04. The van der Waals surface area contributed by atoms with Gasteiger partial charge in [-0.05, 0) is 75.9 Å². The van der Waals surface area contributed by atoms with Crippen molar-refractivity contribution in [1.29, 1.82) is 0 Å². The van der Waals surface area contributed by atoms with Gasteiger partial charge in [0.2, 0.25) is 0 Å². The third-order valence-electron chi connectivity index (χ3n) is 2.20. The zero-order valence-electron chi connectivity index (χ0n) is 8.24. The average Bonchev–Trinajstić information content (AvgIpc) is 2.49. The molecule has 0 aliphatic heterocycles. The summed E-state index contributed by atoms with van der Waals surface area (Å²) in [6.45, 7) is 2.94. The molecule has 2 rings (SSSR count). The van der Waals surface area contributed by atoms with Crippen LogP contribution in [-0.2, 0) is 6.54 Å². The van der Waals surface area contributed by atoms with E-state index in [2.05, 4.69) is 87.5 Å². The van der Waals surface area contributed by atoms with Crippen LogP contribution in [0.3, 0.4) is 0 Å². The Kier molecular flexibility index (Phi) is 3.65. The molecule has 2 aromatic rings. The van der Waals surface area contributed by atoms with Gasteiger partial charge in [-0.3, -0.25) is 4.68 Å². The predicted molar refractivity (Wildman–Crippen MR) is 77.9 cm³/mol. The highest BCUT2D eigenvalue weighted by atomic mass is 127. The van der Waals surface area contributed by atoms with E-state index >= 15 is 0 Å². The van der Waals surface area contributed by atoms with Crippen LogP contribution >= 0.6 is 45.2 Å². The molecule has 0 bridgehead atoms. The molecule has 0 atom stereocenters. The monoisotopic (exact) mass is 424 g/mol. The first-order chi connectivity index (χ1) is 7.15. The van der Waals surface area contributed by atoms with Gasteiger partial charge in [0, 0.05) is 9.26 Å². The second-order valence-electron chi connectivity index (χ2n) is 3.39. The van der Waals surface area contributed by atoms with Crippen molar-refractivity contribution < 1.29 is 0 Å². The molecule has 0 radical (unpaired) electrons. The van der Waals surface area contributed by atoms with E-state index < -0.39 is 0 Å². The number of hydrogen-bond acceptors (Lipinski definition) is 1. The van der Waals surface area contributed by atoms with Crippen LogP contribution in [0.5, 0.6) is 0 Å². The minimum absolute atomic E-state index is 0.853.